The predicted octanol–water partition coefficient (Wildman–Crippen LogP) is -0.981. The highest BCUT2D eigenvalue weighted by Gasteiger charge is 2.70. The molecule has 130 valence electrons. The van der Waals surface area contributed by atoms with Crippen LogP contribution >= 0.6 is 0 Å². The van der Waals surface area contributed by atoms with Gasteiger partial charge in [-0.05, 0) is 30.5 Å². The third-order valence-electron chi connectivity index (χ3n) is 4.71. The fourth-order valence-corrected chi connectivity index (χ4v) is 5.80. The highest BCUT2D eigenvalue weighted by molar-refractivity contribution is 7.92. The van der Waals surface area contributed by atoms with Crippen LogP contribution in [0.4, 0.5) is 0 Å². The normalized spacial score (nSPS) is 31.0. The van der Waals surface area contributed by atoms with Crippen molar-refractivity contribution in [3.63, 3.8) is 0 Å². The first-order chi connectivity index (χ1) is 11.2. The van der Waals surface area contributed by atoms with E-state index in [2.05, 4.69) is 5.32 Å². The minimum atomic E-state index is -3.50. The number of benzene rings is 1. The number of nitrogens with one attached hydrogen (secondary N) is 1. The van der Waals surface area contributed by atoms with Crippen molar-refractivity contribution in [3.8, 4) is 5.75 Å². The van der Waals surface area contributed by atoms with Gasteiger partial charge in [-0.25, -0.2) is 13.2 Å². The van der Waals surface area contributed by atoms with E-state index in [0.717, 1.165) is 0 Å². The summed E-state index contributed by atoms with van der Waals surface area (Å²) in [6, 6.07) is 5.10. The lowest BCUT2D eigenvalue weighted by atomic mass is 9.94. The standard InChI is InChI=1S/C15H18N2O6S/c16-11(5-8-1-3-9(18)4-2-8)13(19)17-15(14(20)21)7-24(22,23)12-6-10(12)15/h1-4,10-12,18H,5-7,16H2,(H,17,19)(H,20,21)/t10-,11+,12+,15+/m1/s1. The lowest BCUT2D eigenvalue weighted by molar-refractivity contribution is -0.147. The van der Waals surface area contributed by atoms with Crippen molar-refractivity contribution in [1.29, 1.82) is 0 Å². The SMILES string of the molecule is N[C@@H](Cc1ccc(O)cc1)C(=O)N[C@@]1(C(=O)O)CS(=O)(=O)[C@H]2C[C@H]21. The first-order valence-electron chi connectivity index (χ1n) is 7.46. The van der Waals surface area contributed by atoms with Gasteiger partial charge in [-0.2, -0.15) is 0 Å². The third-order valence-corrected chi connectivity index (χ3v) is 7.01. The van der Waals surface area contributed by atoms with Gasteiger partial charge in [0.15, 0.2) is 15.4 Å². The van der Waals surface area contributed by atoms with Gasteiger partial charge in [-0.15, -0.1) is 0 Å². The molecule has 1 aromatic carbocycles. The van der Waals surface area contributed by atoms with Crippen LogP contribution in [0.15, 0.2) is 24.3 Å². The van der Waals surface area contributed by atoms with E-state index in [4.69, 9.17) is 5.73 Å². The van der Waals surface area contributed by atoms with Crippen molar-refractivity contribution in [2.45, 2.75) is 29.7 Å². The average Bonchev–Trinajstić information content (AvgIpc) is 3.26. The minimum absolute atomic E-state index is 0.0811. The number of sulfone groups is 1. The molecular formula is C15H18N2O6S. The molecule has 0 aromatic heterocycles. The van der Waals surface area contributed by atoms with Crippen molar-refractivity contribution >= 4 is 21.7 Å². The molecule has 2 aliphatic rings. The van der Waals surface area contributed by atoms with Crippen LogP contribution < -0.4 is 11.1 Å². The molecule has 0 spiro atoms. The van der Waals surface area contributed by atoms with Crippen molar-refractivity contribution in [2.75, 3.05) is 5.75 Å². The number of hydrogen-bond acceptors (Lipinski definition) is 6. The zero-order chi connectivity index (χ0) is 17.7. The van der Waals surface area contributed by atoms with Crippen LogP contribution in [-0.4, -0.2) is 53.1 Å². The maximum absolute atomic E-state index is 12.3. The Morgan fingerprint density at radius 3 is 2.42 bits per heavy atom. The number of amides is 1. The molecule has 0 radical (unpaired) electrons. The lowest BCUT2D eigenvalue weighted by Gasteiger charge is -2.28. The van der Waals surface area contributed by atoms with Gasteiger partial charge >= 0.3 is 5.97 Å². The summed E-state index contributed by atoms with van der Waals surface area (Å²) in [5, 5.41) is 20.4. The summed E-state index contributed by atoms with van der Waals surface area (Å²) in [7, 11) is -3.50. The monoisotopic (exact) mass is 354 g/mol. The minimum Gasteiger partial charge on any atom is -0.508 e. The summed E-state index contributed by atoms with van der Waals surface area (Å²) in [6.07, 6.45) is 0.394. The Morgan fingerprint density at radius 1 is 1.33 bits per heavy atom. The third kappa shape index (κ3) is 2.73. The number of phenolic OH excluding ortho intramolecular Hbond substituents is 1. The van der Waals surface area contributed by atoms with E-state index in [1.165, 1.54) is 12.1 Å². The second-order valence-electron chi connectivity index (χ2n) is 6.43. The van der Waals surface area contributed by atoms with E-state index in [9.17, 15) is 28.2 Å². The van der Waals surface area contributed by atoms with E-state index in [-0.39, 0.29) is 18.6 Å². The number of aliphatic carboxylic acids is 1. The number of carbonyl (C=O) groups is 2. The van der Waals surface area contributed by atoms with Crippen LogP contribution in [0.3, 0.4) is 0 Å². The van der Waals surface area contributed by atoms with Crippen LogP contribution in [-0.2, 0) is 25.8 Å². The van der Waals surface area contributed by atoms with Crippen LogP contribution in [0.25, 0.3) is 0 Å². The van der Waals surface area contributed by atoms with Gasteiger partial charge in [-0.1, -0.05) is 12.1 Å². The molecule has 1 heterocycles. The largest absolute Gasteiger partial charge is 0.508 e. The molecule has 8 nitrogen and oxygen atoms in total. The highest BCUT2D eigenvalue weighted by atomic mass is 32.2. The molecular weight excluding hydrogens is 336 g/mol. The summed E-state index contributed by atoms with van der Waals surface area (Å²) in [5.41, 5.74) is 4.75. The number of carboxylic acids is 1. The zero-order valence-electron chi connectivity index (χ0n) is 12.7. The summed E-state index contributed by atoms with van der Waals surface area (Å²) in [4.78, 5) is 24.0. The summed E-state index contributed by atoms with van der Waals surface area (Å²) >= 11 is 0. The van der Waals surface area contributed by atoms with Crippen LogP contribution in [0, 0.1) is 5.92 Å². The molecule has 9 heteroatoms. The molecule has 4 atom stereocenters. The van der Waals surface area contributed by atoms with Crippen molar-refractivity contribution in [1.82, 2.24) is 5.32 Å². The van der Waals surface area contributed by atoms with E-state index < -0.39 is 50.2 Å². The molecule has 24 heavy (non-hydrogen) atoms. The van der Waals surface area contributed by atoms with Gasteiger partial charge in [0, 0.05) is 5.92 Å². The zero-order valence-corrected chi connectivity index (χ0v) is 13.5. The second kappa shape index (κ2) is 5.45. The van der Waals surface area contributed by atoms with Crippen molar-refractivity contribution in [3.05, 3.63) is 29.8 Å². The highest BCUT2D eigenvalue weighted by Crippen LogP contribution is 2.52. The molecule has 3 rings (SSSR count). The Morgan fingerprint density at radius 2 is 1.96 bits per heavy atom. The number of carboxylic acid groups (broad SMARTS) is 1. The Hall–Kier alpha value is -2.13. The molecule has 2 fully saturated rings. The average molecular weight is 354 g/mol. The predicted molar refractivity (Wildman–Crippen MR) is 84.0 cm³/mol. The number of rotatable bonds is 5. The quantitative estimate of drug-likeness (QED) is 0.531. The summed E-state index contributed by atoms with van der Waals surface area (Å²) < 4.78 is 23.9. The maximum Gasteiger partial charge on any atom is 0.330 e. The van der Waals surface area contributed by atoms with Gasteiger partial charge in [0.05, 0.1) is 17.0 Å². The van der Waals surface area contributed by atoms with Crippen LogP contribution in [0.5, 0.6) is 5.75 Å². The van der Waals surface area contributed by atoms with Gasteiger partial charge in [0.25, 0.3) is 0 Å². The fraction of sp³-hybridized carbons (Fsp3) is 0.467. The number of phenols is 1. The van der Waals surface area contributed by atoms with E-state index in [0.29, 0.717) is 5.56 Å². The first kappa shape index (κ1) is 16.7. The molecule has 1 saturated carbocycles. The van der Waals surface area contributed by atoms with Gasteiger partial charge < -0.3 is 21.3 Å². The fourth-order valence-electron chi connectivity index (χ4n) is 3.31. The Bertz CT molecular complexity index is 791. The number of carbonyl (C=O) groups excluding carboxylic acids is 1. The lowest BCUT2D eigenvalue weighted by Crippen LogP contribution is -2.61. The molecule has 0 unspecified atom stereocenters. The smallest absolute Gasteiger partial charge is 0.330 e. The molecule has 1 aromatic rings. The molecule has 1 aliphatic carbocycles. The molecule has 5 N–H and O–H groups in total. The second-order valence-corrected chi connectivity index (χ2v) is 8.65. The van der Waals surface area contributed by atoms with Crippen LogP contribution in [0.2, 0.25) is 0 Å². The van der Waals surface area contributed by atoms with E-state index in [1.54, 1.807) is 12.1 Å². The van der Waals surface area contributed by atoms with Gasteiger partial charge in [-0.3, -0.25) is 4.79 Å². The number of fused-ring (bicyclic) bond motifs is 1. The molecule has 1 saturated heterocycles. The number of aromatic hydroxyl groups is 1. The molecule has 0 bridgehead atoms. The number of hydrogen-bond donors (Lipinski definition) is 4. The van der Waals surface area contributed by atoms with Gasteiger partial charge in [0.1, 0.15) is 5.75 Å². The van der Waals surface area contributed by atoms with E-state index in [1.807, 2.05) is 0 Å². The summed E-state index contributed by atoms with van der Waals surface area (Å²) in [5.74, 6) is -3.15. The number of nitrogens with two attached hydrogens (primary N) is 1. The van der Waals surface area contributed by atoms with Crippen LogP contribution in [0.1, 0.15) is 12.0 Å². The van der Waals surface area contributed by atoms with E-state index >= 15 is 0 Å². The molecule has 1 aliphatic heterocycles. The first-order valence-corrected chi connectivity index (χ1v) is 9.18. The van der Waals surface area contributed by atoms with Crippen molar-refractivity contribution in [2.24, 2.45) is 11.7 Å². The van der Waals surface area contributed by atoms with Gasteiger partial charge in [0.2, 0.25) is 5.91 Å². The van der Waals surface area contributed by atoms with Crippen molar-refractivity contribution < 1.29 is 28.2 Å². The Balaban J connectivity index is 1.73. The summed E-state index contributed by atoms with van der Waals surface area (Å²) in [6.45, 7) is 0. The Kier molecular flexibility index (Phi) is 3.80. The maximum atomic E-state index is 12.3. The topological polar surface area (TPSA) is 147 Å². The Labute approximate surface area is 138 Å². The molecule has 1 amide bonds.